The van der Waals surface area contributed by atoms with Crippen LogP contribution in [0.4, 0.5) is 0 Å². The summed E-state index contributed by atoms with van der Waals surface area (Å²) < 4.78 is 1.36. The number of hydrogen-bond acceptors (Lipinski definition) is 4. The molecule has 7 nitrogen and oxygen atoms in total. The summed E-state index contributed by atoms with van der Waals surface area (Å²) >= 11 is 0. The number of nitrogens with one attached hydrogen (secondary N) is 2. The SMILES string of the molecule is CC(C)N(CCNC(=O)c1ccc(-n2c(=O)c(=O)[nH]c3ccccc32)cc1)C(C)C. The Morgan fingerprint density at radius 1 is 1.00 bits per heavy atom. The minimum absolute atomic E-state index is 0.169. The van der Waals surface area contributed by atoms with E-state index >= 15 is 0 Å². The summed E-state index contributed by atoms with van der Waals surface area (Å²) in [6.07, 6.45) is 0. The second-order valence-corrected chi connectivity index (χ2v) is 7.84. The largest absolute Gasteiger partial charge is 0.351 e. The van der Waals surface area contributed by atoms with Gasteiger partial charge in [-0.2, -0.15) is 0 Å². The molecule has 0 saturated heterocycles. The molecule has 2 N–H and O–H groups in total. The highest BCUT2D eigenvalue weighted by Crippen LogP contribution is 2.14. The second-order valence-electron chi connectivity index (χ2n) is 7.84. The monoisotopic (exact) mass is 408 g/mol. The summed E-state index contributed by atoms with van der Waals surface area (Å²) in [6.45, 7) is 9.88. The number of para-hydroxylation sites is 2. The third-order valence-electron chi connectivity index (χ3n) is 5.16. The summed E-state index contributed by atoms with van der Waals surface area (Å²) in [5.41, 5.74) is 0.862. The van der Waals surface area contributed by atoms with E-state index < -0.39 is 11.1 Å². The van der Waals surface area contributed by atoms with Crippen molar-refractivity contribution in [2.75, 3.05) is 13.1 Å². The van der Waals surface area contributed by atoms with Crippen molar-refractivity contribution in [1.82, 2.24) is 19.8 Å². The Morgan fingerprint density at radius 3 is 2.27 bits per heavy atom. The topological polar surface area (TPSA) is 87.2 Å². The van der Waals surface area contributed by atoms with Crippen LogP contribution in [0.25, 0.3) is 16.7 Å². The average molecular weight is 409 g/mol. The molecule has 1 heterocycles. The van der Waals surface area contributed by atoms with E-state index in [-0.39, 0.29) is 5.91 Å². The number of fused-ring (bicyclic) bond motifs is 1. The fraction of sp³-hybridized carbons (Fsp3) is 0.348. The average Bonchev–Trinajstić information content (AvgIpc) is 2.71. The lowest BCUT2D eigenvalue weighted by molar-refractivity contribution is 0.0939. The molecule has 2 aromatic carbocycles. The molecule has 0 radical (unpaired) electrons. The summed E-state index contributed by atoms with van der Waals surface area (Å²) in [5.74, 6) is -0.169. The van der Waals surface area contributed by atoms with Crippen molar-refractivity contribution in [3.8, 4) is 5.69 Å². The third-order valence-corrected chi connectivity index (χ3v) is 5.16. The van der Waals surface area contributed by atoms with E-state index in [4.69, 9.17) is 0 Å². The first-order valence-electron chi connectivity index (χ1n) is 10.2. The standard InChI is InChI=1S/C23H28N4O3/c1-15(2)26(16(3)4)14-13-24-21(28)17-9-11-18(12-10-17)27-20-8-6-5-7-19(20)25-22(29)23(27)30/h5-12,15-16H,13-14H2,1-4H3,(H,24,28)(H,25,29). The number of rotatable bonds is 7. The molecule has 3 rings (SSSR count). The van der Waals surface area contributed by atoms with Gasteiger partial charge >= 0.3 is 11.1 Å². The van der Waals surface area contributed by atoms with Gasteiger partial charge in [-0.15, -0.1) is 0 Å². The van der Waals surface area contributed by atoms with Crippen LogP contribution in [0.5, 0.6) is 0 Å². The van der Waals surface area contributed by atoms with E-state index in [0.717, 1.165) is 6.54 Å². The van der Waals surface area contributed by atoms with Crippen molar-refractivity contribution in [1.29, 1.82) is 0 Å². The molecule has 7 heteroatoms. The third kappa shape index (κ3) is 4.52. The van der Waals surface area contributed by atoms with Gasteiger partial charge in [0.2, 0.25) is 0 Å². The highest BCUT2D eigenvalue weighted by atomic mass is 16.2. The number of amides is 1. The molecule has 1 amide bonds. The molecule has 3 aromatic rings. The lowest BCUT2D eigenvalue weighted by atomic mass is 10.1. The fourth-order valence-corrected chi connectivity index (χ4v) is 3.69. The predicted molar refractivity (Wildman–Crippen MR) is 119 cm³/mol. The molecular formula is C23H28N4O3. The van der Waals surface area contributed by atoms with E-state index in [1.54, 1.807) is 48.5 Å². The molecule has 30 heavy (non-hydrogen) atoms. The second kappa shape index (κ2) is 9.09. The van der Waals surface area contributed by atoms with Gasteiger partial charge in [0, 0.05) is 36.4 Å². The summed E-state index contributed by atoms with van der Waals surface area (Å²) in [5, 5.41) is 2.94. The Labute approximate surface area is 175 Å². The Morgan fingerprint density at radius 2 is 1.63 bits per heavy atom. The summed E-state index contributed by atoms with van der Waals surface area (Å²) in [6, 6.07) is 14.6. The van der Waals surface area contributed by atoms with E-state index in [9.17, 15) is 14.4 Å². The van der Waals surface area contributed by atoms with Gasteiger partial charge < -0.3 is 10.3 Å². The van der Waals surface area contributed by atoms with Crippen LogP contribution in [-0.2, 0) is 0 Å². The van der Waals surface area contributed by atoms with Crippen LogP contribution in [0.2, 0.25) is 0 Å². The van der Waals surface area contributed by atoms with Gasteiger partial charge in [-0.05, 0) is 64.1 Å². The van der Waals surface area contributed by atoms with Crippen molar-refractivity contribution >= 4 is 16.9 Å². The van der Waals surface area contributed by atoms with Crippen molar-refractivity contribution < 1.29 is 4.79 Å². The van der Waals surface area contributed by atoms with Gasteiger partial charge in [-0.3, -0.25) is 23.9 Å². The number of benzene rings is 2. The first kappa shape index (κ1) is 21.5. The highest BCUT2D eigenvalue weighted by Gasteiger charge is 2.14. The Kier molecular flexibility index (Phi) is 6.52. The van der Waals surface area contributed by atoms with Crippen molar-refractivity contribution in [2.45, 2.75) is 39.8 Å². The minimum atomic E-state index is -0.685. The molecule has 0 aliphatic rings. The maximum Gasteiger partial charge on any atom is 0.321 e. The van der Waals surface area contributed by atoms with Crippen LogP contribution in [0, 0.1) is 0 Å². The lowest BCUT2D eigenvalue weighted by Gasteiger charge is -2.30. The van der Waals surface area contributed by atoms with Crippen molar-refractivity contribution in [3.05, 3.63) is 74.8 Å². The molecule has 0 saturated carbocycles. The Hall–Kier alpha value is -3.19. The predicted octanol–water partition coefficient (Wildman–Crippen LogP) is 2.53. The van der Waals surface area contributed by atoms with Crippen LogP contribution in [0.3, 0.4) is 0 Å². The molecule has 0 bridgehead atoms. The molecular weight excluding hydrogens is 380 g/mol. The zero-order chi connectivity index (χ0) is 21.8. The molecule has 1 aromatic heterocycles. The van der Waals surface area contributed by atoms with E-state index in [1.165, 1.54) is 4.57 Å². The quantitative estimate of drug-likeness (QED) is 0.588. The van der Waals surface area contributed by atoms with Gasteiger partial charge in [-0.1, -0.05) is 12.1 Å². The molecule has 0 spiro atoms. The Balaban J connectivity index is 1.78. The number of nitrogens with zero attached hydrogens (tertiary/aromatic N) is 2. The summed E-state index contributed by atoms with van der Waals surface area (Å²) in [4.78, 5) is 41.9. The zero-order valence-electron chi connectivity index (χ0n) is 17.8. The van der Waals surface area contributed by atoms with Crippen LogP contribution in [-0.4, -0.2) is 45.5 Å². The molecule has 0 aliphatic carbocycles. The van der Waals surface area contributed by atoms with Crippen LogP contribution in [0.15, 0.2) is 58.1 Å². The van der Waals surface area contributed by atoms with E-state index in [2.05, 4.69) is 42.9 Å². The maximum absolute atomic E-state index is 12.5. The highest BCUT2D eigenvalue weighted by molar-refractivity contribution is 5.94. The summed E-state index contributed by atoms with van der Waals surface area (Å²) in [7, 11) is 0. The van der Waals surface area contributed by atoms with E-state index in [1.807, 2.05) is 0 Å². The number of aromatic nitrogens is 2. The van der Waals surface area contributed by atoms with Crippen molar-refractivity contribution in [3.63, 3.8) is 0 Å². The number of carbonyl (C=O) groups excluding carboxylic acids is 1. The molecule has 0 unspecified atom stereocenters. The molecule has 0 fully saturated rings. The van der Waals surface area contributed by atoms with Gasteiger partial charge in [-0.25, -0.2) is 0 Å². The zero-order valence-corrected chi connectivity index (χ0v) is 17.8. The normalized spacial score (nSPS) is 11.6. The van der Waals surface area contributed by atoms with Crippen LogP contribution in [0.1, 0.15) is 38.1 Å². The molecule has 0 atom stereocenters. The lowest BCUT2D eigenvalue weighted by Crippen LogP contribution is -2.42. The van der Waals surface area contributed by atoms with Crippen molar-refractivity contribution in [2.24, 2.45) is 0 Å². The van der Waals surface area contributed by atoms with Crippen LogP contribution < -0.4 is 16.4 Å². The number of carbonyl (C=O) groups is 1. The van der Waals surface area contributed by atoms with Gasteiger partial charge in [0.05, 0.1) is 11.0 Å². The minimum Gasteiger partial charge on any atom is -0.351 e. The van der Waals surface area contributed by atoms with Crippen LogP contribution >= 0.6 is 0 Å². The number of H-pyrrole nitrogens is 1. The Bertz CT molecular complexity index is 1140. The van der Waals surface area contributed by atoms with Gasteiger partial charge in [0.25, 0.3) is 5.91 Å². The number of aromatic amines is 1. The van der Waals surface area contributed by atoms with Gasteiger partial charge in [0.1, 0.15) is 0 Å². The smallest absolute Gasteiger partial charge is 0.321 e. The first-order chi connectivity index (χ1) is 14.3. The molecule has 0 aliphatic heterocycles. The van der Waals surface area contributed by atoms with E-state index in [0.29, 0.717) is 40.9 Å². The maximum atomic E-state index is 12.5. The number of hydrogen-bond donors (Lipinski definition) is 2. The first-order valence-corrected chi connectivity index (χ1v) is 10.2. The van der Waals surface area contributed by atoms with Gasteiger partial charge in [0.15, 0.2) is 0 Å². The fourth-order valence-electron chi connectivity index (χ4n) is 3.69. The molecule has 158 valence electrons.